The van der Waals surface area contributed by atoms with Gasteiger partial charge in [-0.2, -0.15) is 8.42 Å². The van der Waals surface area contributed by atoms with Gasteiger partial charge in [-0.05, 0) is 46.3 Å². The van der Waals surface area contributed by atoms with E-state index >= 15 is 0 Å². The van der Waals surface area contributed by atoms with Crippen molar-refractivity contribution in [3.05, 3.63) is 40.8 Å². The van der Waals surface area contributed by atoms with Crippen LogP contribution in [0.4, 0.5) is 17.1 Å². The predicted molar refractivity (Wildman–Crippen MR) is 86.5 cm³/mol. The zero-order valence-corrected chi connectivity index (χ0v) is 14.1. The minimum absolute atomic E-state index is 0.158. The van der Waals surface area contributed by atoms with Crippen molar-refractivity contribution < 1.29 is 17.6 Å². The second-order valence-corrected chi connectivity index (χ2v) is 7.48. The Kier molecular flexibility index (Phi) is 3.41. The number of furan rings is 1. The number of amides is 1. The van der Waals surface area contributed by atoms with E-state index in [9.17, 15) is 13.2 Å². The van der Waals surface area contributed by atoms with Crippen LogP contribution in [0, 0.1) is 0 Å². The van der Waals surface area contributed by atoms with Crippen molar-refractivity contribution in [2.24, 2.45) is 0 Å². The third-order valence-electron chi connectivity index (χ3n) is 3.40. The number of carbonyl (C=O) groups is 1. The molecule has 7 nitrogen and oxygen atoms in total. The quantitative estimate of drug-likeness (QED) is 0.860. The molecule has 2 aromatic rings. The molecule has 0 saturated heterocycles. The molecule has 0 atom stereocenters. The fraction of sp³-hybridized carbons (Fsp3) is 0.154. The van der Waals surface area contributed by atoms with Gasteiger partial charge in [0.1, 0.15) is 0 Å². The van der Waals surface area contributed by atoms with Crippen LogP contribution in [0.5, 0.6) is 0 Å². The van der Waals surface area contributed by atoms with Gasteiger partial charge < -0.3 is 9.73 Å². The fourth-order valence-electron chi connectivity index (χ4n) is 2.18. The molecule has 0 unspecified atom stereocenters. The molecule has 0 radical (unpaired) electrons. The van der Waals surface area contributed by atoms with E-state index in [1.54, 1.807) is 24.3 Å². The van der Waals surface area contributed by atoms with Crippen LogP contribution in [0.15, 0.2) is 39.4 Å². The SMILES string of the molecule is CN1c2ccc(NC(=O)c3ccc(Br)o3)cc2N(C)S1(=O)=O. The maximum absolute atomic E-state index is 12.1. The summed E-state index contributed by atoms with van der Waals surface area (Å²) in [6, 6.07) is 8.04. The summed E-state index contributed by atoms with van der Waals surface area (Å²) in [5.41, 5.74) is 1.54. The largest absolute Gasteiger partial charge is 0.444 e. The number of halogens is 1. The minimum atomic E-state index is -3.53. The Morgan fingerprint density at radius 3 is 2.45 bits per heavy atom. The van der Waals surface area contributed by atoms with Gasteiger partial charge in [0.15, 0.2) is 10.4 Å². The maximum Gasteiger partial charge on any atom is 0.326 e. The normalized spacial score (nSPS) is 15.8. The van der Waals surface area contributed by atoms with Gasteiger partial charge in [-0.15, -0.1) is 0 Å². The van der Waals surface area contributed by atoms with Crippen LogP contribution in [-0.4, -0.2) is 28.4 Å². The molecule has 0 saturated carbocycles. The van der Waals surface area contributed by atoms with Gasteiger partial charge in [0.05, 0.1) is 11.4 Å². The molecule has 22 heavy (non-hydrogen) atoms. The highest BCUT2D eigenvalue weighted by Gasteiger charge is 2.35. The van der Waals surface area contributed by atoms with Crippen LogP contribution >= 0.6 is 15.9 Å². The van der Waals surface area contributed by atoms with Crippen molar-refractivity contribution >= 4 is 49.1 Å². The molecule has 1 N–H and O–H groups in total. The smallest absolute Gasteiger partial charge is 0.326 e. The molecule has 116 valence electrons. The maximum atomic E-state index is 12.1. The Morgan fingerprint density at radius 1 is 1.14 bits per heavy atom. The lowest BCUT2D eigenvalue weighted by atomic mass is 10.2. The predicted octanol–water partition coefficient (Wildman–Crippen LogP) is 2.43. The van der Waals surface area contributed by atoms with E-state index in [1.807, 2.05) is 0 Å². The minimum Gasteiger partial charge on any atom is -0.444 e. The van der Waals surface area contributed by atoms with Crippen LogP contribution in [0.3, 0.4) is 0 Å². The molecule has 3 rings (SSSR count). The number of anilines is 3. The number of benzene rings is 1. The molecular formula is C13H12BrN3O4S. The first kappa shape index (κ1) is 14.9. The molecule has 0 spiro atoms. The lowest BCUT2D eigenvalue weighted by Crippen LogP contribution is -2.32. The zero-order valence-electron chi connectivity index (χ0n) is 11.7. The van der Waals surface area contributed by atoms with Gasteiger partial charge in [-0.1, -0.05) is 0 Å². The van der Waals surface area contributed by atoms with Crippen molar-refractivity contribution in [1.82, 2.24) is 0 Å². The van der Waals surface area contributed by atoms with E-state index in [1.165, 1.54) is 28.8 Å². The summed E-state index contributed by atoms with van der Waals surface area (Å²) in [5.74, 6) is -0.257. The van der Waals surface area contributed by atoms with Crippen molar-refractivity contribution in [3.8, 4) is 0 Å². The van der Waals surface area contributed by atoms with Crippen molar-refractivity contribution in [1.29, 1.82) is 0 Å². The number of fused-ring (bicyclic) bond motifs is 1. The van der Waals surface area contributed by atoms with Gasteiger partial charge in [-0.3, -0.25) is 13.4 Å². The summed E-state index contributed by atoms with van der Waals surface area (Å²) in [7, 11) is -0.580. The van der Waals surface area contributed by atoms with Crippen molar-refractivity contribution in [3.63, 3.8) is 0 Å². The highest BCUT2D eigenvalue weighted by atomic mass is 79.9. The van der Waals surface area contributed by atoms with Gasteiger partial charge in [0.2, 0.25) is 0 Å². The Bertz CT molecular complexity index is 862. The van der Waals surface area contributed by atoms with E-state index in [0.29, 0.717) is 21.7 Å². The van der Waals surface area contributed by atoms with Crippen molar-refractivity contribution in [2.75, 3.05) is 28.0 Å². The Hall–Kier alpha value is -2.00. The number of hydrogen-bond acceptors (Lipinski definition) is 4. The summed E-state index contributed by atoms with van der Waals surface area (Å²) in [4.78, 5) is 12.0. The average Bonchev–Trinajstić information content (AvgIpc) is 2.97. The molecule has 1 aromatic carbocycles. The molecular weight excluding hydrogens is 374 g/mol. The van der Waals surface area contributed by atoms with Crippen molar-refractivity contribution in [2.45, 2.75) is 0 Å². The molecule has 2 heterocycles. The Labute approximate surface area is 135 Å². The van der Waals surface area contributed by atoms with E-state index in [4.69, 9.17) is 4.42 Å². The lowest BCUT2D eigenvalue weighted by Gasteiger charge is -2.13. The van der Waals surface area contributed by atoms with E-state index < -0.39 is 16.1 Å². The third kappa shape index (κ3) is 2.26. The molecule has 1 aromatic heterocycles. The first-order chi connectivity index (χ1) is 10.3. The van der Waals surface area contributed by atoms with Gasteiger partial charge in [-0.25, -0.2) is 0 Å². The first-order valence-electron chi connectivity index (χ1n) is 6.24. The summed E-state index contributed by atoms with van der Waals surface area (Å²) >= 11 is 3.13. The second-order valence-electron chi connectivity index (χ2n) is 4.70. The van der Waals surface area contributed by atoms with Gasteiger partial charge in [0, 0.05) is 19.8 Å². The first-order valence-corrected chi connectivity index (χ1v) is 8.43. The molecule has 0 aliphatic carbocycles. The monoisotopic (exact) mass is 385 g/mol. The van der Waals surface area contributed by atoms with Crippen LogP contribution in [0.2, 0.25) is 0 Å². The van der Waals surface area contributed by atoms with Gasteiger partial charge in [0.25, 0.3) is 5.91 Å². The highest BCUT2D eigenvalue weighted by molar-refractivity contribution is 9.10. The molecule has 9 heteroatoms. The number of nitrogens with zero attached hydrogens (tertiary/aromatic N) is 2. The Balaban J connectivity index is 1.90. The van der Waals surface area contributed by atoms with Crippen LogP contribution < -0.4 is 13.9 Å². The van der Waals surface area contributed by atoms with E-state index in [-0.39, 0.29) is 5.76 Å². The van der Waals surface area contributed by atoms with Gasteiger partial charge >= 0.3 is 10.2 Å². The topological polar surface area (TPSA) is 82.9 Å². The molecule has 0 bridgehead atoms. The summed E-state index contributed by atoms with van der Waals surface area (Å²) in [6.07, 6.45) is 0. The standard InChI is InChI=1S/C13H12BrN3O4S/c1-16-9-4-3-8(7-10(9)17(2)22(16,19)20)15-13(18)11-5-6-12(14)21-11/h3-7H,1-2H3,(H,15,18). The summed E-state index contributed by atoms with van der Waals surface area (Å²) in [6.45, 7) is 0. The second kappa shape index (κ2) is 5.03. The van der Waals surface area contributed by atoms with E-state index in [0.717, 1.165) is 0 Å². The number of rotatable bonds is 2. The molecule has 1 amide bonds. The molecule has 1 aliphatic rings. The summed E-state index contributed by atoms with van der Waals surface area (Å²) in [5, 5.41) is 2.67. The summed E-state index contributed by atoms with van der Waals surface area (Å²) < 4.78 is 32.1. The Morgan fingerprint density at radius 2 is 1.82 bits per heavy atom. The number of nitrogens with one attached hydrogen (secondary N) is 1. The average molecular weight is 386 g/mol. The van der Waals surface area contributed by atoms with Crippen LogP contribution in [0.25, 0.3) is 0 Å². The number of hydrogen-bond donors (Lipinski definition) is 1. The van der Waals surface area contributed by atoms with Crippen LogP contribution in [-0.2, 0) is 10.2 Å². The van der Waals surface area contributed by atoms with Crippen LogP contribution in [0.1, 0.15) is 10.6 Å². The zero-order chi connectivity index (χ0) is 16.1. The highest BCUT2D eigenvalue weighted by Crippen LogP contribution is 2.40. The number of carbonyl (C=O) groups excluding carboxylic acids is 1. The third-order valence-corrected chi connectivity index (χ3v) is 5.60. The molecule has 0 fully saturated rings. The van der Waals surface area contributed by atoms with E-state index in [2.05, 4.69) is 21.2 Å². The fourth-order valence-corrected chi connectivity index (χ4v) is 3.65. The lowest BCUT2D eigenvalue weighted by molar-refractivity contribution is 0.0995. The molecule has 1 aliphatic heterocycles.